The quantitative estimate of drug-likeness (QED) is 0.182. The van der Waals surface area contributed by atoms with Crippen molar-refractivity contribution in [1.82, 2.24) is 19.7 Å². The van der Waals surface area contributed by atoms with Crippen molar-refractivity contribution in [1.29, 1.82) is 0 Å². The van der Waals surface area contributed by atoms with E-state index in [1.165, 1.54) is 4.90 Å². The number of likely N-dealkylation sites (N-methyl/N-ethyl adjacent to an activating group) is 1. The number of benzene rings is 2. The van der Waals surface area contributed by atoms with E-state index in [9.17, 15) is 9.59 Å². The Kier molecular flexibility index (Phi) is 11.3. The normalized spacial score (nSPS) is 10.5. The monoisotopic (exact) mass is 712 g/mol. The molecule has 0 aliphatic rings. The Morgan fingerprint density at radius 3 is 2.67 bits per heavy atom. The number of urea groups is 1. The SMILES string of the molecule is Cc1nc2c(OCc3c(Cl)ccc(N(C)C(=O)CNC(=O)Nc4cccc5cnccc45)c3Cl)cccn2c1Br.Cl.Cl. The Morgan fingerprint density at radius 2 is 1.88 bits per heavy atom. The molecule has 0 saturated heterocycles. The van der Waals surface area contributed by atoms with E-state index in [0.29, 0.717) is 33.4 Å². The fourth-order valence-corrected chi connectivity index (χ4v) is 5.15. The number of nitrogens with one attached hydrogen (secondary N) is 2. The number of nitrogens with zero attached hydrogens (tertiary/aromatic N) is 4. The highest BCUT2D eigenvalue weighted by molar-refractivity contribution is 9.10. The van der Waals surface area contributed by atoms with Gasteiger partial charge in [0, 0.05) is 47.0 Å². The Balaban J connectivity index is 0.00000242. The van der Waals surface area contributed by atoms with Crippen LogP contribution in [0.2, 0.25) is 10.0 Å². The summed E-state index contributed by atoms with van der Waals surface area (Å²) in [7, 11) is 1.57. The van der Waals surface area contributed by atoms with Gasteiger partial charge in [0.2, 0.25) is 5.91 Å². The number of fused-ring (bicyclic) bond motifs is 2. The number of carbonyl (C=O) groups is 2. The molecule has 0 unspecified atom stereocenters. The van der Waals surface area contributed by atoms with Crippen LogP contribution in [0.25, 0.3) is 16.4 Å². The fourth-order valence-electron chi connectivity index (χ4n) is 4.17. The average Bonchev–Trinajstić information content (AvgIpc) is 3.25. The second-order valence-corrected chi connectivity index (χ2v) is 10.4. The van der Waals surface area contributed by atoms with Crippen LogP contribution in [0, 0.1) is 6.92 Å². The summed E-state index contributed by atoms with van der Waals surface area (Å²) in [5.41, 5.74) is 3.02. The van der Waals surface area contributed by atoms with Crippen LogP contribution in [0.4, 0.5) is 16.2 Å². The molecular formula is C28H25BrCl4N6O3. The number of imidazole rings is 1. The van der Waals surface area contributed by atoms with Gasteiger partial charge in [0.15, 0.2) is 11.4 Å². The first-order valence-electron chi connectivity index (χ1n) is 12.1. The zero-order chi connectivity index (χ0) is 28.4. The minimum absolute atomic E-state index is 0. The lowest BCUT2D eigenvalue weighted by Crippen LogP contribution is -2.40. The van der Waals surface area contributed by atoms with E-state index in [1.54, 1.807) is 43.7 Å². The molecule has 220 valence electrons. The molecule has 0 fully saturated rings. The van der Waals surface area contributed by atoms with E-state index in [2.05, 4.69) is 36.5 Å². The molecule has 2 aromatic carbocycles. The van der Waals surface area contributed by atoms with Crippen molar-refractivity contribution in [2.45, 2.75) is 13.5 Å². The smallest absolute Gasteiger partial charge is 0.319 e. The molecule has 42 heavy (non-hydrogen) atoms. The Morgan fingerprint density at radius 1 is 1.10 bits per heavy atom. The molecule has 3 aromatic heterocycles. The number of aromatic nitrogens is 3. The Bertz CT molecular complexity index is 1760. The third-order valence-corrected chi connectivity index (χ3v) is 8.05. The molecule has 5 aromatic rings. The molecule has 3 heterocycles. The van der Waals surface area contributed by atoms with Gasteiger partial charge in [0.1, 0.15) is 11.2 Å². The van der Waals surface area contributed by atoms with Gasteiger partial charge in [-0.25, -0.2) is 9.78 Å². The van der Waals surface area contributed by atoms with E-state index in [4.69, 9.17) is 27.9 Å². The highest BCUT2D eigenvalue weighted by Crippen LogP contribution is 2.35. The zero-order valence-corrected chi connectivity index (χ0v) is 27.0. The number of aryl methyl sites for hydroxylation is 1. The van der Waals surface area contributed by atoms with Crippen LogP contribution < -0.4 is 20.3 Å². The number of anilines is 2. The molecule has 5 rings (SSSR count). The van der Waals surface area contributed by atoms with Gasteiger partial charge in [-0.3, -0.25) is 14.2 Å². The van der Waals surface area contributed by atoms with Crippen LogP contribution in [0.5, 0.6) is 5.75 Å². The summed E-state index contributed by atoms with van der Waals surface area (Å²) in [6.45, 7) is 1.69. The number of pyridine rings is 2. The minimum atomic E-state index is -0.516. The maximum atomic E-state index is 13.0. The fraction of sp³-hybridized carbons (Fsp3) is 0.143. The van der Waals surface area contributed by atoms with Crippen LogP contribution in [0.3, 0.4) is 0 Å². The maximum absolute atomic E-state index is 13.0. The largest absolute Gasteiger partial charge is 0.485 e. The third-order valence-electron chi connectivity index (χ3n) is 6.32. The second-order valence-electron chi connectivity index (χ2n) is 8.86. The molecule has 0 saturated carbocycles. The van der Waals surface area contributed by atoms with Gasteiger partial charge in [0.25, 0.3) is 0 Å². The number of rotatable bonds is 7. The number of amides is 3. The molecule has 9 nitrogen and oxygen atoms in total. The molecule has 0 aliphatic carbocycles. The van der Waals surface area contributed by atoms with Gasteiger partial charge >= 0.3 is 6.03 Å². The molecule has 0 atom stereocenters. The zero-order valence-electron chi connectivity index (χ0n) is 22.2. The molecule has 0 bridgehead atoms. The Hall–Kier alpha value is -3.28. The van der Waals surface area contributed by atoms with Gasteiger partial charge in [0.05, 0.1) is 28.6 Å². The van der Waals surface area contributed by atoms with Gasteiger partial charge in [-0.1, -0.05) is 35.3 Å². The van der Waals surface area contributed by atoms with Gasteiger partial charge in [-0.15, -0.1) is 24.8 Å². The standard InChI is InChI=1S/C28H23BrCl2N6O3.2ClH/c1-16-26(29)37-12-4-7-23(27(37)34-16)40-15-19-20(30)8-9-22(25(19)31)36(2)24(38)14-33-28(39)35-21-6-3-5-17-13-32-11-10-18(17)21;;/h3-13H,14-15H2,1-2H3,(H2,33,35,39);2*1H. The minimum Gasteiger partial charge on any atom is -0.485 e. The molecular weight excluding hydrogens is 690 g/mol. The number of halogens is 5. The number of ether oxygens (including phenoxy) is 1. The van der Waals surface area contributed by atoms with E-state index < -0.39 is 6.03 Å². The van der Waals surface area contributed by atoms with Crippen molar-refractivity contribution in [2.24, 2.45) is 0 Å². The van der Waals surface area contributed by atoms with Crippen molar-refractivity contribution in [3.05, 3.63) is 93.0 Å². The van der Waals surface area contributed by atoms with E-state index in [1.807, 2.05) is 41.8 Å². The van der Waals surface area contributed by atoms with Crippen molar-refractivity contribution in [3.8, 4) is 5.75 Å². The third kappa shape index (κ3) is 6.85. The van der Waals surface area contributed by atoms with Gasteiger partial charge < -0.3 is 20.3 Å². The van der Waals surface area contributed by atoms with Crippen molar-refractivity contribution in [3.63, 3.8) is 0 Å². The lowest BCUT2D eigenvalue weighted by Gasteiger charge is -2.21. The van der Waals surface area contributed by atoms with Gasteiger partial charge in [-0.05, 0) is 59.3 Å². The van der Waals surface area contributed by atoms with E-state index in [-0.39, 0.29) is 48.9 Å². The van der Waals surface area contributed by atoms with Gasteiger partial charge in [-0.2, -0.15) is 0 Å². The highest BCUT2D eigenvalue weighted by Gasteiger charge is 2.20. The predicted octanol–water partition coefficient (Wildman–Crippen LogP) is 7.47. The molecule has 14 heteroatoms. The van der Waals surface area contributed by atoms with Crippen LogP contribution in [0.15, 0.2) is 71.7 Å². The molecule has 3 amide bonds. The van der Waals surface area contributed by atoms with Crippen LogP contribution in [0.1, 0.15) is 11.3 Å². The lowest BCUT2D eigenvalue weighted by atomic mass is 10.1. The van der Waals surface area contributed by atoms with E-state index >= 15 is 0 Å². The maximum Gasteiger partial charge on any atom is 0.319 e. The van der Waals surface area contributed by atoms with Crippen molar-refractivity contribution >= 4 is 104 Å². The summed E-state index contributed by atoms with van der Waals surface area (Å²) < 4.78 is 8.76. The first kappa shape index (κ1) is 33.2. The summed E-state index contributed by atoms with van der Waals surface area (Å²) >= 11 is 16.7. The molecule has 0 aliphatic heterocycles. The molecule has 0 radical (unpaired) electrons. The Labute approximate surface area is 272 Å². The average molecular weight is 715 g/mol. The number of hydrogen-bond acceptors (Lipinski definition) is 5. The van der Waals surface area contributed by atoms with Crippen LogP contribution >= 0.6 is 63.9 Å². The lowest BCUT2D eigenvalue weighted by molar-refractivity contribution is -0.117. The van der Waals surface area contributed by atoms with Crippen molar-refractivity contribution < 1.29 is 14.3 Å². The summed E-state index contributed by atoms with van der Waals surface area (Å²) in [6.07, 6.45) is 5.24. The summed E-state index contributed by atoms with van der Waals surface area (Å²) in [5.74, 6) is 0.173. The highest BCUT2D eigenvalue weighted by atomic mass is 79.9. The molecule has 0 spiro atoms. The first-order valence-corrected chi connectivity index (χ1v) is 13.7. The number of hydrogen-bond donors (Lipinski definition) is 2. The van der Waals surface area contributed by atoms with E-state index in [0.717, 1.165) is 21.1 Å². The summed E-state index contributed by atoms with van der Waals surface area (Å²) in [6, 6.07) is 13.7. The predicted molar refractivity (Wildman–Crippen MR) is 175 cm³/mol. The van der Waals surface area contributed by atoms with Crippen molar-refractivity contribution in [2.75, 3.05) is 23.8 Å². The van der Waals surface area contributed by atoms with Crippen LogP contribution in [-0.2, 0) is 11.4 Å². The summed E-state index contributed by atoms with van der Waals surface area (Å²) in [4.78, 5) is 35.5. The number of carbonyl (C=O) groups excluding carboxylic acids is 2. The topological polar surface area (TPSA) is 101 Å². The second kappa shape index (κ2) is 14.3. The summed E-state index contributed by atoms with van der Waals surface area (Å²) in [5, 5.41) is 7.76. The molecule has 2 N–H and O–H groups in total. The van der Waals surface area contributed by atoms with Crippen LogP contribution in [-0.4, -0.2) is 39.9 Å². The first-order chi connectivity index (χ1) is 19.2.